The standard InChI is InChI=1S/C15H16N4O2/c1-9-4-6-12(20-2)11(8-9)19-14-10(17-15(19)16)5-7-13(18-14)21-3/h4-8H,1-3H3,(H2,16,17). The fraction of sp³-hybridized carbons (Fsp3) is 0.200. The summed E-state index contributed by atoms with van der Waals surface area (Å²) in [4.78, 5) is 8.78. The fourth-order valence-electron chi connectivity index (χ4n) is 2.28. The van der Waals surface area contributed by atoms with Crippen molar-refractivity contribution >= 4 is 17.1 Å². The molecule has 0 bridgehead atoms. The van der Waals surface area contributed by atoms with Crippen molar-refractivity contribution in [1.29, 1.82) is 0 Å². The molecule has 0 amide bonds. The monoisotopic (exact) mass is 284 g/mol. The lowest BCUT2D eigenvalue weighted by Crippen LogP contribution is -2.04. The maximum atomic E-state index is 6.07. The van der Waals surface area contributed by atoms with Crippen LogP contribution in [-0.2, 0) is 0 Å². The molecule has 21 heavy (non-hydrogen) atoms. The first-order valence-electron chi connectivity index (χ1n) is 6.48. The number of imidazole rings is 1. The Bertz CT molecular complexity index is 811. The van der Waals surface area contributed by atoms with E-state index in [1.54, 1.807) is 24.9 Å². The molecule has 0 spiro atoms. The molecule has 2 N–H and O–H groups in total. The minimum Gasteiger partial charge on any atom is -0.495 e. The van der Waals surface area contributed by atoms with Gasteiger partial charge in [0.2, 0.25) is 11.8 Å². The molecule has 0 saturated heterocycles. The van der Waals surface area contributed by atoms with Crippen LogP contribution in [-0.4, -0.2) is 28.8 Å². The van der Waals surface area contributed by atoms with Gasteiger partial charge in [-0.25, -0.2) is 4.98 Å². The van der Waals surface area contributed by atoms with Crippen molar-refractivity contribution in [1.82, 2.24) is 14.5 Å². The van der Waals surface area contributed by atoms with Crippen molar-refractivity contribution in [3.63, 3.8) is 0 Å². The molecule has 0 aliphatic rings. The van der Waals surface area contributed by atoms with Crippen molar-refractivity contribution in [2.45, 2.75) is 6.92 Å². The Balaban J connectivity index is 2.33. The summed E-state index contributed by atoms with van der Waals surface area (Å²) in [5, 5.41) is 0. The van der Waals surface area contributed by atoms with E-state index in [2.05, 4.69) is 9.97 Å². The number of hydrogen-bond donors (Lipinski definition) is 1. The SMILES string of the molecule is COc1ccc2nc(N)n(-c3cc(C)ccc3OC)c2n1. The summed E-state index contributed by atoms with van der Waals surface area (Å²) in [6, 6.07) is 9.45. The van der Waals surface area contributed by atoms with Crippen LogP contribution in [0.1, 0.15) is 5.56 Å². The van der Waals surface area contributed by atoms with Crippen LogP contribution < -0.4 is 15.2 Å². The number of hydrogen-bond acceptors (Lipinski definition) is 5. The number of rotatable bonds is 3. The van der Waals surface area contributed by atoms with E-state index in [4.69, 9.17) is 15.2 Å². The van der Waals surface area contributed by atoms with E-state index in [-0.39, 0.29) is 0 Å². The number of aryl methyl sites for hydroxylation is 1. The zero-order valence-corrected chi connectivity index (χ0v) is 12.1. The Hall–Kier alpha value is -2.76. The maximum Gasteiger partial charge on any atom is 0.215 e. The van der Waals surface area contributed by atoms with Gasteiger partial charge in [-0.05, 0) is 30.7 Å². The molecule has 6 nitrogen and oxygen atoms in total. The Morgan fingerprint density at radius 3 is 2.57 bits per heavy atom. The van der Waals surface area contributed by atoms with Crippen molar-refractivity contribution in [3.8, 4) is 17.3 Å². The van der Waals surface area contributed by atoms with Gasteiger partial charge in [-0.2, -0.15) is 4.98 Å². The van der Waals surface area contributed by atoms with E-state index in [0.717, 1.165) is 11.3 Å². The number of nitrogens with zero attached hydrogens (tertiary/aromatic N) is 3. The third kappa shape index (κ3) is 2.14. The van der Waals surface area contributed by atoms with Gasteiger partial charge in [0.1, 0.15) is 11.3 Å². The summed E-state index contributed by atoms with van der Waals surface area (Å²) < 4.78 is 12.4. The summed E-state index contributed by atoms with van der Waals surface area (Å²) in [5.74, 6) is 1.57. The van der Waals surface area contributed by atoms with Gasteiger partial charge in [0.05, 0.1) is 19.9 Å². The van der Waals surface area contributed by atoms with Crippen LogP contribution in [0.3, 0.4) is 0 Å². The number of anilines is 1. The highest BCUT2D eigenvalue weighted by Gasteiger charge is 2.16. The highest BCUT2D eigenvalue weighted by atomic mass is 16.5. The molecule has 0 aliphatic carbocycles. The largest absolute Gasteiger partial charge is 0.495 e. The van der Waals surface area contributed by atoms with E-state index in [0.29, 0.717) is 28.7 Å². The van der Waals surface area contributed by atoms with E-state index in [1.807, 2.05) is 31.2 Å². The number of benzene rings is 1. The second-order valence-electron chi connectivity index (χ2n) is 4.68. The molecule has 0 saturated carbocycles. The number of ether oxygens (including phenoxy) is 2. The number of pyridine rings is 1. The van der Waals surface area contributed by atoms with Gasteiger partial charge in [-0.15, -0.1) is 0 Å². The van der Waals surface area contributed by atoms with Crippen LogP contribution in [0.15, 0.2) is 30.3 Å². The minimum absolute atomic E-state index is 0.356. The normalized spacial score (nSPS) is 10.8. The van der Waals surface area contributed by atoms with Crippen LogP contribution in [0.4, 0.5) is 5.95 Å². The van der Waals surface area contributed by atoms with Crippen LogP contribution in [0.5, 0.6) is 11.6 Å². The third-order valence-corrected chi connectivity index (χ3v) is 3.29. The number of nitrogen functional groups attached to an aromatic ring is 1. The second kappa shape index (κ2) is 4.97. The lowest BCUT2D eigenvalue weighted by molar-refractivity contribution is 0.399. The first kappa shape index (κ1) is 13.2. The number of nitrogens with two attached hydrogens (primary N) is 1. The van der Waals surface area contributed by atoms with Gasteiger partial charge in [0.15, 0.2) is 5.65 Å². The van der Waals surface area contributed by atoms with E-state index in [1.165, 1.54) is 0 Å². The van der Waals surface area contributed by atoms with Crippen molar-refractivity contribution in [2.75, 3.05) is 20.0 Å². The molecule has 1 aromatic carbocycles. The lowest BCUT2D eigenvalue weighted by Gasteiger charge is -2.12. The molecule has 0 fully saturated rings. The maximum absolute atomic E-state index is 6.07. The average molecular weight is 284 g/mol. The van der Waals surface area contributed by atoms with Gasteiger partial charge >= 0.3 is 0 Å². The average Bonchev–Trinajstić information content (AvgIpc) is 2.81. The van der Waals surface area contributed by atoms with Gasteiger partial charge in [0, 0.05) is 6.07 Å². The molecular formula is C15H16N4O2. The molecule has 108 valence electrons. The first-order valence-corrected chi connectivity index (χ1v) is 6.48. The van der Waals surface area contributed by atoms with Crippen molar-refractivity contribution in [3.05, 3.63) is 35.9 Å². The highest BCUT2D eigenvalue weighted by molar-refractivity contribution is 5.78. The Morgan fingerprint density at radius 1 is 1.05 bits per heavy atom. The van der Waals surface area contributed by atoms with Crippen LogP contribution in [0.25, 0.3) is 16.9 Å². The zero-order valence-electron chi connectivity index (χ0n) is 12.1. The number of fused-ring (bicyclic) bond motifs is 1. The van der Waals surface area contributed by atoms with Crippen LogP contribution in [0, 0.1) is 6.92 Å². The van der Waals surface area contributed by atoms with Crippen LogP contribution >= 0.6 is 0 Å². The first-order chi connectivity index (χ1) is 10.1. The van der Waals surface area contributed by atoms with Gasteiger partial charge in [-0.3, -0.25) is 4.57 Å². The van der Waals surface area contributed by atoms with E-state index >= 15 is 0 Å². The molecule has 2 heterocycles. The quantitative estimate of drug-likeness (QED) is 0.799. The lowest BCUT2D eigenvalue weighted by atomic mass is 10.2. The van der Waals surface area contributed by atoms with Gasteiger partial charge in [0.25, 0.3) is 0 Å². The summed E-state index contributed by atoms with van der Waals surface area (Å²) in [6.07, 6.45) is 0. The summed E-state index contributed by atoms with van der Waals surface area (Å²) >= 11 is 0. The topological polar surface area (TPSA) is 75.2 Å². The molecule has 0 atom stereocenters. The summed E-state index contributed by atoms with van der Waals surface area (Å²) in [7, 11) is 3.20. The summed E-state index contributed by atoms with van der Waals surface area (Å²) in [5.41, 5.74) is 9.30. The third-order valence-electron chi connectivity index (χ3n) is 3.29. The predicted octanol–water partition coefficient (Wildman–Crippen LogP) is 2.33. The Morgan fingerprint density at radius 2 is 1.86 bits per heavy atom. The van der Waals surface area contributed by atoms with Crippen molar-refractivity contribution in [2.24, 2.45) is 0 Å². The number of methoxy groups -OCH3 is 2. The Kier molecular flexibility index (Phi) is 3.13. The molecule has 6 heteroatoms. The molecule has 3 aromatic rings. The molecule has 3 rings (SSSR count). The highest BCUT2D eigenvalue weighted by Crippen LogP contribution is 2.30. The van der Waals surface area contributed by atoms with E-state index in [9.17, 15) is 0 Å². The minimum atomic E-state index is 0.356. The molecular weight excluding hydrogens is 268 g/mol. The van der Waals surface area contributed by atoms with Gasteiger partial charge < -0.3 is 15.2 Å². The zero-order chi connectivity index (χ0) is 15.0. The fourth-order valence-corrected chi connectivity index (χ4v) is 2.28. The van der Waals surface area contributed by atoms with Gasteiger partial charge in [-0.1, -0.05) is 6.07 Å². The summed E-state index contributed by atoms with van der Waals surface area (Å²) in [6.45, 7) is 2.01. The Labute approximate surface area is 122 Å². The van der Waals surface area contributed by atoms with Crippen LogP contribution in [0.2, 0.25) is 0 Å². The second-order valence-corrected chi connectivity index (χ2v) is 4.68. The molecule has 0 radical (unpaired) electrons. The molecule has 0 unspecified atom stereocenters. The van der Waals surface area contributed by atoms with Crippen molar-refractivity contribution < 1.29 is 9.47 Å². The molecule has 0 aliphatic heterocycles. The van der Waals surface area contributed by atoms with E-state index < -0.39 is 0 Å². The smallest absolute Gasteiger partial charge is 0.215 e. The number of aromatic nitrogens is 3. The molecule has 2 aromatic heterocycles. The predicted molar refractivity (Wildman–Crippen MR) is 81.1 cm³/mol.